The molecule has 84 heavy (non-hydrogen) atoms. The molecule has 1 aliphatic carbocycles. The van der Waals surface area contributed by atoms with Gasteiger partial charge in [0.1, 0.15) is 17.9 Å². The molecule has 3 aromatic carbocycles. The van der Waals surface area contributed by atoms with E-state index in [2.05, 4.69) is 86.9 Å². The summed E-state index contributed by atoms with van der Waals surface area (Å²) in [6.45, 7) is 12.8. The number of amides is 3. The third-order valence-electron chi connectivity index (χ3n) is 14.5. The fraction of sp³-hybridized carbons (Fsp3) is 0.526. The van der Waals surface area contributed by atoms with Gasteiger partial charge in [0.05, 0.1) is 24.0 Å². The van der Waals surface area contributed by atoms with Gasteiger partial charge in [-0.15, -0.1) is 0 Å². The molecule has 0 unspecified atom stereocenters. The van der Waals surface area contributed by atoms with Gasteiger partial charge >= 0.3 is 0 Å². The Balaban J connectivity index is 0.000000319. The van der Waals surface area contributed by atoms with Crippen molar-refractivity contribution in [3.05, 3.63) is 139 Å². The Morgan fingerprint density at radius 2 is 1.19 bits per heavy atom. The highest BCUT2D eigenvalue weighted by Gasteiger charge is 2.30. The lowest BCUT2D eigenvalue weighted by atomic mass is 9.89. The number of carbonyl (C=O) groups is 3. The quantitative estimate of drug-likeness (QED) is 0.0226. The number of aromatic nitrogens is 7. The molecular weight excluding hydrogens is 1250 g/mol. The van der Waals surface area contributed by atoms with Gasteiger partial charge < -0.3 is 35.6 Å². The summed E-state index contributed by atoms with van der Waals surface area (Å²) in [6, 6.07) is 20.0. The third-order valence-corrected chi connectivity index (χ3v) is 18.5. The Labute approximate surface area is 509 Å². The molecule has 458 valence electrons. The minimum Gasteiger partial charge on any atom is -0.370 e. The van der Waals surface area contributed by atoms with Gasteiger partial charge in [0.15, 0.2) is 17.5 Å². The maximum atomic E-state index is 13.7. The lowest BCUT2D eigenvalue weighted by Gasteiger charge is -2.20. The summed E-state index contributed by atoms with van der Waals surface area (Å²) in [5.41, 5.74) is 14.1. The minimum atomic E-state index is -3.77. The van der Waals surface area contributed by atoms with E-state index < -0.39 is 50.0 Å². The summed E-state index contributed by atoms with van der Waals surface area (Å²) >= 11 is 6.82. The normalized spacial score (nSPS) is 14.2. The maximum absolute atomic E-state index is 13.7. The van der Waals surface area contributed by atoms with E-state index in [1.165, 1.54) is 6.42 Å². The number of hydrogen-bond donors (Lipinski definition) is 6. The van der Waals surface area contributed by atoms with Crippen molar-refractivity contribution < 1.29 is 40.3 Å². The number of halogens is 2. The van der Waals surface area contributed by atoms with Crippen molar-refractivity contribution in [1.29, 1.82) is 0 Å². The van der Waals surface area contributed by atoms with Crippen LogP contribution in [0.15, 0.2) is 90.8 Å². The lowest BCUT2D eigenvalue weighted by molar-refractivity contribution is -0.122. The van der Waals surface area contributed by atoms with E-state index in [0.29, 0.717) is 74.7 Å². The predicted molar refractivity (Wildman–Crippen MR) is 326 cm³/mol. The number of nitrogens with two attached hydrogens (primary N) is 2. The number of hydrogen-bond acceptors (Lipinski definition) is 17. The van der Waals surface area contributed by atoms with E-state index in [4.69, 9.17) is 25.5 Å². The number of aryl methyl sites for hydroxylation is 1. The Bertz CT molecular complexity index is 3220. The molecule has 0 saturated heterocycles. The van der Waals surface area contributed by atoms with Crippen LogP contribution in [-0.4, -0.2) is 131 Å². The number of H-pyrrole nitrogens is 1. The highest BCUT2D eigenvalue weighted by molar-refractivity contribution is 9.10. The second-order valence-corrected chi connectivity index (χ2v) is 26.3. The van der Waals surface area contributed by atoms with Gasteiger partial charge in [-0.1, -0.05) is 132 Å². The first-order chi connectivity index (χ1) is 40.2. The van der Waals surface area contributed by atoms with Gasteiger partial charge in [0.25, 0.3) is 0 Å². The number of nitrogens with zero attached hydrogens (tertiary/aromatic N) is 8. The van der Waals surface area contributed by atoms with Crippen LogP contribution < -0.4 is 26.2 Å². The number of primary amides is 2. The highest BCUT2D eigenvalue weighted by atomic mass is 79.9. The van der Waals surface area contributed by atoms with Gasteiger partial charge in [0, 0.05) is 39.7 Å². The van der Waals surface area contributed by atoms with Crippen LogP contribution in [0.4, 0.5) is 0 Å². The summed E-state index contributed by atoms with van der Waals surface area (Å²) < 4.78 is 69.7. The second-order valence-electron chi connectivity index (χ2n) is 20.7. The topological polar surface area (TPSA) is 334 Å². The van der Waals surface area contributed by atoms with Crippen LogP contribution in [0, 0.1) is 0 Å². The molecule has 27 heteroatoms. The molecule has 0 spiro atoms. The molecule has 3 heterocycles. The number of nitrogens with one attached hydrogen (secondary N) is 4. The number of carbonyl (C=O) groups excluding carboxylic acids is 3. The molecule has 0 aliphatic heterocycles. The molecule has 0 radical (unpaired) electrons. The molecule has 0 bridgehead atoms. The molecule has 8 N–H and O–H groups in total. The van der Waals surface area contributed by atoms with E-state index in [0.717, 1.165) is 83.3 Å². The molecule has 7 rings (SSSR count). The van der Waals surface area contributed by atoms with Gasteiger partial charge in [-0.05, 0) is 131 Å². The van der Waals surface area contributed by atoms with E-state index in [1.54, 1.807) is 12.1 Å². The highest BCUT2D eigenvalue weighted by Crippen LogP contribution is 2.32. The number of benzene rings is 3. The van der Waals surface area contributed by atoms with E-state index in [-0.39, 0.29) is 54.4 Å². The molecule has 1 fully saturated rings. The minimum absolute atomic E-state index is 0.0215. The predicted octanol–water partition coefficient (Wildman–Crippen LogP) is 7.64. The Morgan fingerprint density at radius 1 is 0.679 bits per heavy atom. The fourth-order valence-corrected chi connectivity index (χ4v) is 12.9. The van der Waals surface area contributed by atoms with Crippen molar-refractivity contribution in [2.24, 2.45) is 11.5 Å². The van der Waals surface area contributed by atoms with Crippen molar-refractivity contribution in [3.63, 3.8) is 0 Å². The zero-order valence-electron chi connectivity index (χ0n) is 48.3. The molecule has 23 nitrogen and oxygen atoms in total. The third kappa shape index (κ3) is 22.6. The van der Waals surface area contributed by atoms with Crippen molar-refractivity contribution >= 4 is 69.6 Å². The smallest absolute Gasteiger partial charge is 0.248 e. The van der Waals surface area contributed by atoms with Gasteiger partial charge in [-0.3, -0.25) is 19.5 Å². The average molecular weight is 1330 g/mol. The first-order valence-electron chi connectivity index (χ1n) is 28.7. The van der Waals surface area contributed by atoms with Crippen molar-refractivity contribution in [2.45, 2.75) is 142 Å². The van der Waals surface area contributed by atoms with Crippen LogP contribution in [0.2, 0.25) is 0 Å². The maximum Gasteiger partial charge on any atom is 0.248 e. The monoisotopic (exact) mass is 1330 g/mol. The molecule has 6 aromatic rings. The van der Waals surface area contributed by atoms with E-state index >= 15 is 0 Å². The van der Waals surface area contributed by atoms with Crippen LogP contribution in [0.5, 0.6) is 0 Å². The first-order valence-corrected chi connectivity index (χ1v) is 33.6. The SMILES string of the molecule is CCN(CC)CCCS(=O)(=O)N[C@H](CC(N)=O)c1nc(Cc2ccc(Br)cc2)no1.CCN(CC)CCCS(=O)(=O)N[C@H](CCC(=O)N[C@H](CCc1ccccc1C(N)=O)c1nc(C2CCCCC2)n[nH]1)c1nc(Cc2ccc(Br)cc2)no1. The zero-order chi connectivity index (χ0) is 60.7. The van der Waals surface area contributed by atoms with Crippen LogP contribution in [0.3, 0.4) is 0 Å². The van der Waals surface area contributed by atoms with Crippen LogP contribution >= 0.6 is 31.9 Å². The molecule has 3 aromatic heterocycles. The Kier molecular flexibility index (Phi) is 27.1. The van der Waals surface area contributed by atoms with Gasteiger partial charge in [0.2, 0.25) is 49.5 Å². The average Bonchev–Trinajstić information content (AvgIpc) is 4.44. The van der Waals surface area contributed by atoms with Crippen LogP contribution in [0.1, 0.15) is 184 Å². The van der Waals surface area contributed by atoms with Crippen molar-refractivity contribution in [3.8, 4) is 0 Å². The largest absolute Gasteiger partial charge is 0.370 e. The van der Waals surface area contributed by atoms with Crippen LogP contribution in [0.25, 0.3) is 0 Å². The number of sulfonamides is 2. The summed E-state index contributed by atoms with van der Waals surface area (Å²) in [7, 11) is -7.43. The fourth-order valence-electron chi connectivity index (χ4n) is 9.82. The molecule has 3 amide bonds. The standard InChI is InChI=1S/C38H52BrN9O5S.C19H28BrN5O4S/c1-3-48(4-2)23-10-24-54(51,52)47-32(38-42-33(46-53-38)25-26-15-18-29(39)19-16-26)21-22-34(49)41-31(20-17-27-11-8-9-14-30(27)35(40)50)37-43-36(44-45-37)28-12-6-5-7-13-28;1-3-25(4-2)10-5-11-30(27,28)24-16(13-17(21)26)19-22-18(23-29-19)12-14-6-8-15(20)9-7-14/h8-9,11,14-16,18-19,28,31-32,47H,3-7,10,12-13,17,20-25H2,1-2H3,(H2,40,50)(H,41,49)(H,43,44,45);6-9,16,24H,3-5,10-13H2,1-2H3,(H2,21,26)/t31-,32-;16-/m11/s1. The molecule has 3 atom stereocenters. The summed E-state index contributed by atoms with van der Waals surface area (Å²) in [5, 5.41) is 18.7. The Hall–Kier alpha value is -5.81. The van der Waals surface area contributed by atoms with Crippen molar-refractivity contribution in [2.75, 3.05) is 50.8 Å². The Morgan fingerprint density at radius 3 is 1.70 bits per heavy atom. The van der Waals surface area contributed by atoms with Crippen LogP contribution in [-0.2, 0) is 48.9 Å². The summed E-state index contributed by atoms with van der Waals surface area (Å²) in [5.74, 6) is 0.773. The van der Waals surface area contributed by atoms with E-state index in [9.17, 15) is 31.2 Å². The number of aromatic amines is 1. The molecular formula is C57H80Br2N14O9S2. The molecule has 1 aliphatic rings. The molecule has 1 saturated carbocycles. The lowest BCUT2D eigenvalue weighted by Crippen LogP contribution is -2.35. The first kappa shape index (κ1) is 67.3. The second kappa shape index (κ2) is 33.8. The van der Waals surface area contributed by atoms with Crippen molar-refractivity contribution in [1.82, 2.24) is 60.0 Å². The van der Waals surface area contributed by atoms with Gasteiger partial charge in [-0.25, -0.2) is 31.3 Å². The summed E-state index contributed by atoms with van der Waals surface area (Å²) in [4.78, 5) is 55.3. The summed E-state index contributed by atoms with van der Waals surface area (Å²) in [6.07, 6.45) is 7.85. The van der Waals surface area contributed by atoms with E-state index in [1.807, 2.05) is 88.4 Å². The number of rotatable bonds is 34. The zero-order valence-corrected chi connectivity index (χ0v) is 53.1. The van der Waals surface area contributed by atoms with Gasteiger partial charge in [-0.2, -0.15) is 15.1 Å².